The molecule has 8 aromatic carbocycles. The zero-order valence-electron chi connectivity index (χ0n) is 30.1. The van der Waals surface area contributed by atoms with Crippen LogP contribution in [0.25, 0.3) is 21.5 Å². The third kappa shape index (κ3) is 8.03. The summed E-state index contributed by atoms with van der Waals surface area (Å²) in [5.41, 5.74) is 2.70. The first-order chi connectivity index (χ1) is 27.9. The van der Waals surface area contributed by atoms with Gasteiger partial charge >= 0.3 is 0 Å². The maximum absolute atomic E-state index is 13.1. The fraction of sp³-hybridized carbons (Fsp3) is 0. The van der Waals surface area contributed by atoms with E-state index in [2.05, 4.69) is 31.1 Å². The van der Waals surface area contributed by atoms with E-state index in [1.807, 2.05) is 84.9 Å². The molecule has 0 saturated heterocycles. The van der Waals surface area contributed by atoms with Crippen molar-refractivity contribution in [2.24, 2.45) is 20.5 Å². The predicted molar refractivity (Wildman–Crippen MR) is 221 cm³/mol. The van der Waals surface area contributed by atoms with Crippen molar-refractivity contribution in [3.8, 4) is 23.0 Å². The van der Waals surface area contributed by atoms with Crippen molar-refractivity contribution in [1.29, 1.82) is 0 Å². The highest BCUT2D eigenvalue weighted by Gasteiger charge is 2.20. The predicted octanol–water partition coefficient (Wildman–Crippen LogP) is 12.5. The molecular weight excluding hydrogens is 717 g/mol. The maximum atomic E-state index is 13.1. The first-order valence-corrected chi connectivity index (χ1v) is 17.8. The summed E-state index contributed by atoms with van der Waals surface area (Å²) < 4.78 is 6.04. The van der Waals surface area contributed by atoms with E-state index in [4.69, 9.17) is 4.74 Å². The van der Waals surface area contributed by atoms with Gasteiger partial charge in [-0.05, 0) is 95.7 Å². The van der Waals surface area contributed by atoms with Crippen LogP contribution >= 0.6 is 0 Å². The minimum atomic E-state index is -0.471. The van der Waals surface area contributed by atoms with E-state index >= 15 is 0 Å². The van der Waals surface area contributed by atoms with Crippen LogP contribution in [0.15, 0.2) is 190 Å². The molecule has 276 valence electrons. The molecule has 8 rings (SSSR count). The smallest absolute Gasteiger partial charge is 0.259 e. The molecular formula is C46H32N6O5. The molecule has 0 aliphatic heterocycles. The van der Waals surface area contributed by atoms with Crippen LogP contribution in [0.4, 0.5) is 34.1 Å². The van der Waals surface area contributed by atoms with E-state index < -0.39 is 11.8 Å². The van der Waals surface area contributed by atoms with E-state index in [1.54, 1.807) is 84.9 Å². The number of carbonyl (C=O) groups is 2. The molecule has 11 nitrogen and oxygen atoms in total. The summed E-state index contributed by atoms with van der Waals surface area (Å²) in [6, 6.07) is 49.7. The number of azo groups is 2. The van der Waals surface area contributed by atoms with Gasteiger partial charge in [-0.15, -0.1) is 10.2 Å². The van der Waals surface area contributed by atoms with Crippen molar-refractivity contribution >= 4 is 67.5 Å². The molecule has 8 aromatic rings. The van der Waals surface area contributed by atoms with Crippen molar-refractivity contribution in [2.75, 3.05) is 10.6 Å². The molecule has 11 heteroatoms. The third-order valence-electron chi connectivity index (χ3n) is 8.98. The van der Waals surface area contributed by atoms with Crippen molar-refractivity contribution in [2.45, 2.75) is 0 Å². The monoisotopic (exact) mass is 748 g/mol. The van der Waals surface area contributed by atoms with Crippen LogP contribution in [0.3, 0.4) is 0 Å². The number of fused-ring (bicyclic) bond motifs is 2. The second kappa shape index (κ2) is 16.0. The topological polar surface area (TPSA) is 157 Å². The van der Waals surface area contributed by atoms with Gasteiger partial charge < -0.3 is 25.6 Å². The van der Waals surface area contributed by atoms with Crippen LogP contribution in [0, 0.1) is 0 Å². The molecule has 0 heterocycles. The number of nitrogens with zero attached hydrogens (tertiary/aromatic N) is 4. The molecule has 0 radical (unpaired) electrons. The van der Waals surface area contributed by atoms with E-state index in [0.717, 1.165) is 10.8 Å². The molecule has 0 saturated carbocycles. The second-order valence-corrected chi connectivity index (χ2v) is 12.8. The lowest BCUT2D eigenvalue weighted by Gasteiger charge is -2.11. The lowest BCUT2D eigenvalue weighted by Crippen LogP contribution is -2.12. The van der Waals surface area contributed by atoms with Gasteiger partial charge in [0, 0.05) is 22.1 Å². The third-order valence-corrected chi connectivity index (χ3v) is 8.98. The van der Waals surface area contributed by atoms with Crippen LogP contribution in [-0.2, 0) is 0 Å². The number of phenolic OH excluding ortho intramolecular Hbond substituents is 2. The summed E-state index contributed by atoms with van der Waals surface area (Å²) >= 11 is 0. The van der Waals surface area contributed by atoms with E-state index in [-0.39, 0.29) is 34.0 Å². The highest BCUT2D eigenvalue weighted by atomic mass is 16.5. The number of aromatic hydroxyl groups is 2. The number of para-hydroxylation sites is 2. The van der Waals surface area contributed by atoms with Gasteiger partial charge in [-0.1, -0.05) is 84.9 Å². The van der Waals surface area contributed by atoms with Crippen molar-refractivity contribution in [3.05, 3.63) is 181 Å². The number of nitrogens with one attached hydrogen (secondary N) is 2. The summed E-state index contributed by atoms with van der Waals surface area (Å²) in [5.74, 6) is -0.419. The van der Waals surface area contributed by atoms with Gasteiger partial charge in [0.05, 0.1) is 22.5 Å². The largest absolute Gasteiger partial charge is 0.505 e. The summed E-state index contributed by atoms with van der Waals surface area (Å²) in [6.07, 6.45) is 0. The van der Waals surface area contributed by atoms with E-state index in [0.29, 0.717) is 45.0 Å². The summed E-state index contributed by atoms with van der Waals surface area (Å²) in [6.45, 7) is 0. The van der Waals surface area contributed by atoms with E-state index in [9.17, 15) is 19.8 Å². The molecule has 0 fully saturated rings. The fourth-order valence-corrected chi connectivity index (χ4v) is 6.14. The van der Waals surface area contributed by atoms with Gasteiger partial charge in [0.2, 0.25) is 0 Å². The number of benzene rings is 8. The highest BCUT2D eigenvalue weighted by Crippen LogP contribution is 2.41. The number of ether oxygens (including phenoxy) is 1. The molecule has 0 aromatic heterocycles. The van der Waals surface area contributed by atoms with Gasteiger partial charge in [0.1, 0.15) is 22.9 Å². The van der Waals surface area contributed by atoms with E-state index in [1.165, 1.54) is 0 Å². The summed E-state index contributed by atoms with van der Waals surface area (Å²) in [7, 11) is 0. The molecule has 0 bridgehead atoms. The number of phenols is 2. The summed E-state index contributed by atoms with van der Waals surface area (Å²) in [4.78, 5) is 26.3. The Morgan fingerprint density at radius 3 is 1.21 bits per heavy atom. The van der Waals surface area contributed by atoms with Gasteiger partial charge in [0.25, 0.3) is 11.8 Å². The van der Waals surface area contributed by atoms with Crippen molar-refractivity contribution in [3.63, 3.8) is 0 Å². The molecule has 0 atom stereocenters. The standard InChI is InChI=1S/C46H32N6O5/c53-43-39(45(55)47-31-13-3-1-4-14-31)27-29-11-7-9-17-37(29)41(43)51-49-33-19-23-35(24-20-33)57-36-25-21-34(22-26-36)50-52-42-38-18-10-8-12-30(38)28-40(44(42)54)46(56)48-32-15-5-2-6-16-32/h1-28,53-54H,(H,47,55)(H,48,56). The minimum Gasteiger partial charge on any atom is -0.505 e. The highest BCUT2D eigenvalue weighted by molar-refractivity contribution is 6.12. The summed E-state index contributed by atoms with van der Waals surface area (Å²) in [5, 5.41) is 48.2. The number of anilines is 2. The maximum Gasteiger partial charge on any atom is 0.259 e. The Hall–Kier alpha value is -8.18. The molecule has 0 unspecified atom stereocenters. The lowest BCUT2D eigenvalue weighted by molar-refractivity contribution is 0.101. The zero-order chi connectivity index (χ0) is 39.1. The molecule has 57 heavy (non-hydrogen) atoms. The quantitative estimate of drug-likeness (QED) is 0.102. The number of hydrogen-bond acceptors (Lipinski definition) is 9. The second-order valence-electron chi connectivity index (χ2n) is 12.8. The Balaban J connectivity index is 0.966. The fourth-order valence-electron chi connectivity index (χ4n) is 6.14. The Kier molecular flexibility index (Phi) is 10.1. The van der Waals surface area contributed by atoms with Crippen molar-refractivity contribution < 1.29 is 24.5 Å². The van der Waals surface area contributed by atoms with Gasteiger partial charge in [-0.3, -0.25) is 9.59 Å². The van der Waals surface area contributed by atoms with Gasteiger partial charge in [-0.2, -0.15) is 10.2 Å². The SMILES string of the molecule is O=C(Nc1ccccc1)c1cc2ccccc2c(N=Nc2ccc(Oc3ccc(N=Nc4c(O)c(C(=O)Nc5ccccc5)cc5ccccc45)cc3)cc2)c1O. The molecule has 0 spiro atoms. The molecule has 0 aliphatic carbocycles. The Morgan fingerprint density at radius 1 is 0.439 bits per heavy atom. The Labute approximate surface area is 326 Å². The van der Waals surface area contributed by atoms with Crippen LogP contribution in [-0.4, -0.2) is 22.0 Å². The lowest BCUT2D eigenvalue weighted by atomic mass is 10.0. The minimum absolute atomic E-state index is 0.0761. The normalized spacial score (nSPS) is 11.3. The molecule has 0 aliphatic rings. The number of rotatable bonds is 10. The number of carbonyl (C=O) groups excluding carboxylic acids is 2. The van der Waals surface area contributed by atoms with Gasteiger partial charge in [0.15, 0.2) is 11.5 Å². The van der Waals surface area contributed by atoms with Crippen molar-refractivity contribution in [1.82, 2.24) is 0 Å². The molecule has 2 amide bonds. The van der Waals surface area contributed by atoms with Crippen LogP contribution in [0.5, 0.6) is 23.0 Å². The van der Waals surface area contributed by atoms with Crippen LogP contribution < -0.4 is 15.4 Å². The first-order valence-electron chi connectivity index (χ1n) is 17.8. The average molecular weight is 749 g/mol. The van der Waals surface area contributed by atoms with Crippen LogP contribution in [0.1, 0.15) is 20.7 Å². The first kappa shape index (κ1) is 35.8. The number of amides is 2. The zero-order valence-corrected chi connectivity index (χ0v) is 30.1. The average Bonchev–Trinajstić information content (AvgIpc) is 3.24. The van der Waals surface area contributed by atoms with Crippen LogP contribution in [0.2, 0.25) is 0 Å². The Bertz CT molecular complexity index is 2620. The number of hydrogen-bond donors (Lipinski definition) is 4. The Morgan fingerprint density at radius 2 is 0.807 bits per heavy atom. The van der Waals surface area contributed by atoms with Gasteiger partial charge in [-0.25, -0.2) is 0 Å². The molecule has 4 N–H and O–H groups in total.